The van der Waals surface area contributed by atoms with Crippen LogP contribution in [0.4, 0.5) is 4.79 Å². The van der Waals surface area contributed by atoms with E-state index in [1.54, 1.807) is 20.8 Å². The first-order chi connectivity index (χ1) is 13.2. The van der Waals surface area contributed by atoms with Gasteiger partial charge in [0.05, 0.1) is 6.54 Å². The molecule has 0 radical (unpaired) electrons. The fourth-order valence-electron chi connectivity index (χ4n) is 2.42. The summed E-state index contributed by atoms with van der Waals surface area (Å²) in [5.74, 6) is -0.955. The van der Waals surface area contributed by atoms with Gasteiger partial charge >= 0.3 is 12.1 Å². The second-order valence-electron chi connectivity index (χ2n) is 7.18. The third kappa shape index (κ3) is 6.78. The Morgan fingerprint density at radius 1 is 1.11 bits per heavy atom. The Bertz CT molecular complexity index is 817. The maximum Gasteiger partial charge on any atom is 0.410 e. The van der Waals surface area contributed by atoms with Crippen molar-refractivity contribution in [2.45, 2.75) is 32.9 Å². The molecule has 0 unspecified atom stereocenters. The summed E-state index contributed by atoms with van der Waals surface area (Å²) in [7, 11) is 0. The van der Waals surface area contributed by atoms with Crippen molar-refractivity contribution in [2.75, 3.05) is 13.2 Å². The first-order valence-corrected chi connectivity index (χ1v) is 9.21. The third-order valence-electron chi connectivity index (χ3n) is 3.66. The number of hydrogen-bond acceptors (Lipinski definition) is 4. The van der Waals surface area contributed by atoms with Crippen LogP contribution in [0, 0.1) is 0 Å². The largest absolute Gasteiger partial charge is 0.491 e. The van der Waals surface area contributed by atoms with Crippen molar-refractivity contribution in [3.8, 4) is 5.75 Å². The van der Waals surface area contributed by atoms with Gasteiger partial charge in [0, 0.05) is 11.6 Å². The number of carboxylic acids is 1. The average Bonchev–Trinajstić information content (AvgIpc) is 2.60. The summed E-state index contributed by atoms with van der Waals surface area (Å²) in [6, 6.07) is 13.8. The zero-order valence-corrected chi connectivity index (χ0v) is 16.9. The number of carboxylic acid groups (broad SMARTS) is 1. The van der Waals surface area contributed by atoms with Crippen LogP contribution in [0.5, 0.6) is 5.75 Å². The van der Waals surface area contributed by atoms with Gasteiger partial charge in [0.2, 0.25) is 0 Å². The first-order valence-electron chi connectivity index (χ1n) is 8.83. The molecule has 0 fully saturated rings. The summed E-state index contributed by atoms with van der Waals surface area (Å²) in [6.45, 7) is 6.05. The smallest absolute Gasteiger partial charge is 0.410 e. The number of aromatic carboxylic acids is 1. The Kier molecular flexibility index (Phi) is 7.29. The molecule has 6 nitrogen and oxygen atoms in total. The molecule has 2 rings (SSSR count). The van der Waals surface area contributed by atoms with Crippen LogP contribution in [-0.4, -0.2) is 40.8 Å². The maximum absolute atomic E-state index is 12.6. The third-order valence-corrected chi connectivity index (χ3v) is 3.90. The fraction of sp³-hybridized carbons (Fsp3) is 0.333. The Morgan fingerprint density at radius 3 is 2.39 bits per heavy atom. The Balaban J connectivity index is 2.09. The molecule has 2 aromatic carbocycles. The summed E-state index contributed by atoms with van der Waals surface area (Å²) < 4.78 is 11.1. The van der Waals surface area contributed by atoms with Gasteiger partial charge in [-0.25, -0.2) is 9.59 Å². The molecule has 1 amide bonds. The second-order valence-corrected chi connectivity index (χ2v) is 7.62. The van der Waals surface area contributed by atoms with Gasteiger partial charge in [-0.1, -0.05) is 41.9 Å². The highest BCUT2D eigenvalue weighted by Gasteiger charge is 2.22. The number of amides is 1. The summed E-state index contributed by atoms with van der Waals surface area (Å²) in [5.41, 5.74) is 0.328. The molecule has 1 N–H and O–H groups in total. The Hall–Kier alpha value is -2.73. The number of carbonyl (C=O) groups is 2. The molecular formula is C21H24ClNO5. The lowest BCUT2D eigenvalue weighted by molar-refractivity contribution is 0.0208. The molecular weight excluding hydrogens is 382 g/mol. The monoisotopic (exact) mass is 405 g/mol. The van der Waals surface area contributed by atoms with E-state index in [2.05, 4.69) is 0 Å². The normalized spacial score (nSPS) is 11.0. The van der Waals surface area contributed by atoms with Crippen LogP contribution in [0.25, 0.3) is 0 Å². The molecule has 0 aromatic heterocycles. The molecule has 2 aromatic rings. The molecule has 0 heterocycles. The maximum atomic E-state index is 12.6. The van der Waals surface area contributed by atoms with Gasteiger partial charge in [-0.05, 0) is 44.5 Å². The summed E-state index contributed by atoms with van der Waals surface area (Å²) >= 11 is 5.94. The quantitative estimate of drug-likeness (QED) is 0.712. The van der Waals surface area contributed by atoms with Gasteiger partial charge in [-0.3, -0.25) is 0 Å². The van der Waals surface area contributed by atoms with E-state index in [0.29, 0.717) is 11.6 Å². The van der Waals surface area contributed by atoms with Crippen LogP contribution < -0.4 is 4.74 Å². The molecule has 28 heavy (non-hydrogen) atoms. The minimum absolute atomic E-state index is 0.0104. The fourth-order valence-corrected chi connectivity index (χ4v) is 2.59. The van der Waals surface area contributed by atoms with Gasteiger partial charge in [-0.2, -0.15) is 0 Å². The summed E-state index contributed by atoms with van der Waals surface area (Å²) in [4.78, 5) is 25.4. The first kappa shape index (κ1) is 21.6. The van der Waals surface area contributed by atoms with Crippen molar-refractivity contribution in [1.82, 2.24) is 4.90 Å². The highest BCUT2D eigenvalue weighted by atomic mass is 35.5. The predicted octanol–water partition coefficient (Wildman–Crippen LogP) is 4.85. The van der Waals surface area contributed by atoms with Crippen LogP contribution in [0.15, 0.2) is 48.5 Å². The van der Waals surface area contributed by atoms with Gasteiger partial charge in [0.1, 0.15) is 23.5 Å². The zero-order valence-electron chi connectivity index (χ0n) is 16.1. The van der Waals surface area contributed by atoms with E-state index in [4.69, 9.17) is 21.1 Å². The van der Waals surface area contributed by atoms with E-state index >= 15 is 0 Å². The lowest BCUT2D eigenvalue weighted by Crippen LogP contribution is -2.38. The number of ether oxygens (including phenoxy) is 2. The Morgan fingerprint density at radius 2 is 1.79 bits per heavy atom. The van der Waals surface area contributed by atoms with E-state index in [9.17, 15) is 14.7 Å². The lowest BCUT2D eigenvalue weighted by Gasteiger charge is -2.27. The minimum atomic E-state index is -1.11. The van der Waals surface area contributed by atoms with Gasteiger partial charge in [0.15, 0.2) is 0 Å². The Labute approximate surface area is 169 Å². The van der Waals surface area contributed by atoms with Crippen molar-refractivity contribution < 1.29 is 24.2 Å². The highest BCUT2D eigenvalue weighted by Crippen LogP contribution is 2.23. The number of benzene rings is 2. The number of hydrogen-bond donors (Lipinski definition) is 1. The molecule has 0 bridgehead atoms. The van der Waals surface area contributed by atoms with Crippen LogP contribution >= 0.6 is 11.6 Å². The summed E-state index contributed by atoms with van der Waals surface area (Å²) in [5, 5.41) is 9.64. The molecule has 0 spiro atoms. The van der Waals surface area contributed by atoms with Crippen LogP contribution in [-0.2, 0) is 11.3 Å². The van der Waals surface area contributed by atoms with Crippen LogP contribution in [0.1, 0.15) is 36.7 Å². The standard InChI is InChI=1S/C21H24ClNO5/c1-21(2,3)28-20(26)23(14-15-7-5-4-6-8-15)11-12-27-18-13-16(22)9-10-17(18)19(24)25/h4-10,13H,11-12,14H2,1-3H3,(H,24,25). The highest BCUT2D eigenvalue weighted by molar-refractivity contribution is 6.30. The van der Waals surface area contributed by atoms with Crippen LogP contribution in [0.2, 0.25) is 5.02 Å². The number of rotatable bonds is 7. The SMILES string of the molecule is CC(C)(C)OC(=O)N(CCOc1cc(Cl)ccc1C(=O)O)Cc1ccccc1. The van der Waals surface area contributed by atoms with Gasteiger partial charge < -0.3 is 19.5 Å². The van der Waals surface area contributed by atoms with E-state index < -0.39 is 17.7 Å². The number of halogens is 1. The molecule has 7 heteroatoms. The topological polar surface area (TPSA) is 76.1 Å². The zero-order chi connectivity index (χ0) is 20.7. The molecule has 0 aliphatic rings. The number of nitrogens with zero attached hydrogens (tertiary/aromatic N) is 1. The van der Waals surface area contributed by atoms with Gasteiger partial charge in [0.25, 0.3) is 0 Å². The molecule has 0 aliphatic heterocycles. The van der Waals surface area contributed by atoms with Crippen molar-refractivity contribution in [3.05, 3.63) is 64.7 Å². The van der Waals surface area contributed by atoms with Gasteiger partial charge in [-0.15, -0.1) is 0 Å². The average molecular weight is 406 g/mol. The van der Waals surface area contributed by atoms with Crippen molar-refractivity contribution >= 4 is 23.7 Å². The van der Waals surface area contributed by atoms with E-state index in [-0.39, 0.29) is 24.5 Å². The molecule has 0 saturated carbocycles. The molecule has 0 atom stereocenters. The number of carbonyl (C=O) groups excluding carboxylic acids is 1. The molecule has 0 saturated heterocycles. The lowest BCUT2D eigenvalue weighted by atomic mass is 10.2. The van der Waals surface area contributed by atoms with Crippen molar-refractivity contribution in [3.63, 3.8) is 0 Å². The minimum Gasteiger partial charge on any atom is -0.491 e. The van der Waals surface area contributed by atoms with Crippen LogP contribution in [0.3, 0.4) is 0 Å². The summed E-state index contributed by atoms with van der Waals surface area (Å²) in [6.07, 6.45) is -0.468. The molecule has 150 valence electrons. The van der Waals surface area contributed by atoms with E-state index in [1.165, 1.54) is 23.1 Å². The van der Waals surface area contributed by atoms with E-state index in [1.807, 2.05) is 30.3 Å². The molecule has 0 aliphatic carbocycles. The predicted molar refractivity (Wildman–Crippen MR) is 107 cm³/mol. The van der Waals surface area contributed by atoms with E-state index in [0.717, 1.165) is 5.56 Å². The van der Waals surface area contributed by atoms with Crippen molar-refractivity contribution in [1.29, 1.82) is 0 Å². The second kappa shape index (κ2) is 9.46. The van der Waals surface area contributed by atoms with Crippen molar-refractivity contribution in [2.24, 2.45) is 0 Å².